The highest BCUT2D eigenvalue weighted by Crippen LogP contribution is 2.18. The molecule has 0 amide bonds. The fourth-order valence-electron chi connectivity index (χ4n) is 3.02. The van der Waals surface area contributed by atoms with Crippen LogP contribution in [0, 0.1) is 6.92 Å². The Balaban J connectivity index is 2.14. The van der Waals surface area contributed by atoms with E-state index < -0.39 is 20.0 Å². The zero-order valence-electron chi connectivity index (χ0n) is 16.2. The molecule has 27 heavy (non-hydrogen) atoms. The van der Waals surface area contributed by atoms with Crippen LogP contribution in [0.3, 0.4) is 0 Å². The standard InChI is InChI=1S/C18H31N3O4S2/c1-3-4-5-12-21(27(24,25)18-8-6-17(2)7-9-18)15-16-26(22,23)20-13-10-19-11-14-20/h6-9,19H,3-5,10-16H2,1-2H3. The molecule has 1 N–H and O–H groups in total. The molecule has 1 aromatic carbocycles. The zero-order valence-corrected chi connectivity index (χ0v) is 17.9. The second-order valence-electron chi connectivity index (χ2n) is 6.89. The minimum absolute atomic E-state index is 0.0216. The minimum atomic E-state index is -3.71. The number of benzene rings is 1. The van der Waals surface area contributed by atoms with E-state index in [9.17, 15) is 16.8 Å². The second-order valence-corrected chi connectivity index (χ2v) is 10.9. The third-order valence-corrected chi connectivity index (χ3v) is 8.50. The van der Waals surface area contributed by atoms with Gasteiger partial charge in [-0.2, -0.15) is 8.61 Å². The van der Waals surface area contributed by atoms with Gasteiger partial charge in [-0.3, -0.25) is 0 Å². The molecule has 0 atom stereocenters. The minimum Gasteiger partial charge on any atom is -0.314 e. The van der Waals surface area contributed by atoms with E-state index in [1.165, 1.54) is 8.61 Å². The molecule has 0 radical (unpaired) electrons. The van der Waals surface area contributed by atoms with E-state index in [0.29, 0.717) is 32.7 Å². The molecule has 7 nitrogen and oxygen atoms in total. The number of hydrogen-bond donors (Lipinski definition) is 1. The van der Waals surface area contributed by atoms with Crippen LogP contribution in [0.2, 0.25) is 0 Å². The van der Waals surface area contributed by atoms with E-state index >= 15 is 0 Å². The molecule has 1 heterocycles. The first-order valence-electron chi connectivity index (χ1n) is 9.53. The van der Waals surface area contributed by atoms with Crippen molar-refractivity contribution < 1.29 is 16.8 Å². The molecule has 0 aromatic heterocycles. The van der Waals surface area contributed by atoms with Gasteiger partial charge in [-0.15, -0.1) is 0 Å². The smallest absolute Gasteiger partial charge is 0.243 e. The molecule has 0 saturated carbocycles. The van der Waals surface area contributed by atoms with Crippen molar-refractivity contribution in [3.8, 4) is 0 Å². The van der Waals surface area contributed by atoms with Gasteiger partial charge in [-0.1, -0.05) is 37.5 Å². The summed E-state index contributed by atoms with van der Waals surface area (Å²) < 4.78 is 54.1. The first-order chi connectivity index (χ1) is 12.8. The van der Waals surface area contributed by atoms with Crippen LogP contribution in [0.15, 0.2) is 29.2 Å². The van der Waals surface area contributed by atoms with Gasteiger partial charge in [0.15, 0.2) is 0 Å². The lowest BCUT2D eigenvalue weighted by Crippen LogP contribution is -2.48. The predicted octanol–water partition coefficient (Wildman–Crippen LogP) is 1.41. The third kappa shape index (κ3) is 6.25. The molecule has 154 valence electrons. The number of nitrogens with one attached hydrogen (secondary N) is 1. The normalized spacial score (nSPS) is 16.7. The monoisotopic (exact) mass is 417 g/mol. The average Bonchev–Trinajstić information content (AvgIpc) is 2.65. The van der Waals surface area contributed by atoms with Crippen molar-refractivity contribution in [3.63, 3.8) is 0 Å². The van der Waals surface area contributed by atoms with Crippen molar-refractivity contribution in [2.45, 2.75) is 38.0 Å². The Hall–Kier alpha value is -1.00. The Morgan fingerprint density at radius 3 is 2.22 bits per heavy atom. The van der Waals surface area contributed by atoms with Crippen LogP contribution >= 0.6 is 0 Å². The van der Waals surface area contributed by atoms with Crippen molar-refractivity contribution >= 4 is 20.0 Å². The largest absolute Gasteiger partial charge is 0.314 e. The SMILES string of the molecule is CCCCCN(CCS(=O)(=O)N1CCNCC1)S(=O)(=O)c1ccc(C)cc1. The summed E-state index contributed by atoms with van der Waals surface area (Å²) >= 11 is 0. The van der Waals surface area contributed by atoms with E-state index in [0.717, 1.165) is 24.8 Å². The van der Waals surface area contributed by atoms with Crippen LogP contribution in [-0.4, -0.2) is 70.5 Å². The summed E-state index contributed by atoms with van der Waals surface area (Å²) in [7, 11) is -7.18. The van der Waals surface area contributed by atoms with Crippen molar-refractivity contribution in [3.05, 3.63) is 29.8 Å². The first-order valence-corrected chi connectivity index (χ1v) is 12.6. The molecule has 1 aliphatic rings. The van der Waals surface area contributed by atoms with Crippen molar-refractivity contribution in [1.82, 2.24) is 13.9 Å². The summed E-state index contributed by atoms with van der Waals surface area (Å²) in [6.07, 6.45) is 2.59. The number of nitrogens with zero attached hydrogens (tertiary/aromatic N) is 2. The highest BCUT2D eigenvalue weighted by Gasteiger charge is 2.29. The summed E-state index contributed by atoms with van der Waals surface area (Å²) in [5.41, 5.74) is 0.979. The summed E-state index contributed by atoms with van der Waals surface area (Å²) in [6, 6.07) is 6.69. The lowest BCUT2D eigenvalue weighted by molar-refractivity contribution is 0.355. The summed E-state index contributed by atoms with van der Waals surface area (Å²) in [5, 5.41) is 3.12. The second kappa shape index (κ2) is 9.97. The number of rotatable bonds is 10. The van der Waals surface area contributed by atoms with E-state index in [1.54, 1.807) is 24.3 Å². The lowest BCUT2D eigenvalue weighted by atomic mass is 10.2. The summed E-state index contributed by atoms with van der Waals surface area (Å²) in [5.74, 6) is -0.190. The highest BCUT2D eigenvalue weighted by molar-refractivity contribution is 7.90. The Labute approximate surface area is 163 Å². The van der Waals surface area contributed by atoms with Crippen LogP contribution in [0.4, 0.5) is 0 Å². The van der Waals surface area contributed by atoms with E-state index in [2.05, 4.69) is 5.32 Å². The third-order valence-electron chi connectivity index (χ3n) is 4.74. The number of piperazine rings is 1. The Morgan fingerprint density at radius 2 is 1.63 bits per heavy atom. The molecule has 0 aliphatic carbocycles. The predicted molar refractivity (Wildman–Crippen MR) is 108 cm³/mol. The van der Waals surface area contributed by atoms with Crippen molar-refractivity contribution in [2.75, 3.05) is 45.0 Å². The van der Waals surface area contributed by atoms with E-state index in [-0.39, 0.29) is 17.2 Å². The van der Waals surface area contributed by atoms with Crippen LogP contribution in [0.25, 0.3) is 0 Å². The van der Waals surface area contributed by atoms with Gasteiger partial charge in [0, 0.05) is 39.3 Å². The fourth-order valence-corrected chi connectivity index (χ4v) is 6.06. The molecular formula is C18H31N3O4S2. The van der Waals surface area contributed by atoms with Crippen LogP contribution < -0.4 is 5.32 Å². The zero-order chi connectivity index (χ0) is 19.9. The Kier molecular flexibility index (Phi) is 8.23. The van der Waals surface area contributed by atoms with E-state index in [1.807, 2.05) is 13.8 Å². The van der Waals surface area contributed by atoms with E-state index in [4.69, 9.17) is 0 Å². The van der Waals surface area contributed by atoms with Gasteiger partial charge in [0.05, 0.1) is 10.6 Å². The maximum atomic E-state index is 13.0. The average molecular weight is 418 g/mol. The van der Waals surface area contributed by atoms with Crippen LogP contribution in [-0.2, 0) is 20.0 Å². The van der Waals surface area contributed by atoms with Gasteiger partial charge in [0.25, 0.3) is 0 Å². The van der Waals surface area contributed by atoms with Crippen LogP contribution in [0.1, 0.15) is 31.7 Å². The molecule has 0 bridgehead atoms. The molecule has 0 spiro atoms. The van der Waals surface area contributed by atoms with Gasteiger partial charge >= 0.3 is 0 Å². The highest BCUT2D eigenvalue weighted by atomic mass is 32.2. The van der Waals surface area contributed by atoms with Gasteiger partial charge in [0.2, 0.25) is 20.0 Å². The number of unbranched alkanes of at least 4 members (excludes halogenated alkanes) is 2. The number of hydrogen-bond acceptors (Lipinski definition) is 5. The van der Waals surface area contributed by atoms with Crippen LogP contribution in [0.5, 0.6) is 0 Å². The molecular weight excluding hydrogens is 386 g/mol. The van der Waals surface area contributed by atoms with Gasteiger partial charge in [0.1, 0.15) is 0 Å². The quantitative estimate of drug-likeness (QED) is 0.582. The van der Waals surface area contributed by atoms with Gasteiger partial charge in [-0.05, 0) is 25.5 Å². The molecule has 1 aliphatic heterocycles. The Bertz CT molecular complexity index is 786. The lowest BCUT2D eigenvalue weighted by Gasteiger charge is -2.28. The maximum absolute atomic E-state index is 13.0. The molecule has 1 aromatic rings. The molecule has 2 rings (SSSR count). The first kappa shape index (κ1) is 22.3. The maximum Gasteiger partial charge on any atom is 0.243 e. The Morgan fingerprint density at radius 1 is 1.00 bits per heavy atom. The van der Waals surface area contributed by atoms with Crippen molar-refractivity contribution in [1.29, 1.82) is 0 Å². The van der Waals surface area contributed by atoms with Gasteiger partial charge < -0.3 is 5.32 Å². The number of sulfonamides is 2. The van der Waals surface area contributed by atoms with Crippen molar-refractivity contribution in [2.24, 2.45) is 0 Å². The number of aryl methyl sites for hydroxylation is 1. The molecule has 1 saturated heterocycles. The fraction of sp³-hybridized carbons (Fsp3) is 0.667. The molecule has 9 heteroatoms. The summed E-state index contributed by atoms with van der Waals surface area (Å²) in [6.45, 7) is 6.38. The summed E-state index contributed by atoms with van der Waals surface area (Å²) in [4.78, 5) is 0.212. The van der Waals surface area contributed by atoms with Gasteiger partial charge in [-0.25, -0.2) is 16.8 Å². The molecule has 0 unspecified atom stereocenters. The topological polar surface area (TPSA) is 86.8 Å². The molecule has 1 fully saturated rings.